The van der Waals surface area contributed by atoms with Crippen molar-refractivity contribution < 1.29 is 17.9 Å². The number of rotatable bonds is 3. The minimum absolute atomic E-state index is 0.0492. The molecule has 0 bridgehead atoms. The number of carbonyl (C=O) groups excluding carboxylic acids is 1. The van der Waals surface area contributed by atoms with Gasteiger partial charge in [0.2, 0.25) is 10.0 Å². The van der Waals surface area contributed by atoms with Crippen LogP contribution >= 0.6 is 27.5 Å². The third-order valence-electron chi connectivity index (χ3n) is 1.83. The van der Waals surface area contributed by atoms with Gasteiger partial charge in [-0.3, -0.25) is 0 Å². The molecule has 0 aromatic heterocycles. The van der Waals surface area contributed by atoms with Crippen LogP contribution in [0, 0.1) is 0 Å². The lowest BCUT2D eigenvalue weighted by Crippen LogP contribution is -2.14. The molecule has 0 unspecified atom stereocenters. The summed E-state index contributed by atoms with van der Waals surface area (Å²) < 4.78 is 27.4. The Labute approximate surface area is 112 Å². The average Bonchev–Trinajstić information content (AvgIpc) is 2.20. The van der Waals surface area contributed by atoms with E-state index in [0.717, 1.165) is 6.07 Å². The van der Waals surface area contributed by atoms with Gasteiger partial charge in [-0.25, -0.2) is 18.4 Å². The lowest BCUT2D eigenvalue weighted by atomic mass is 10.2. The maximum atomic E-state index is 11.5. The Morgan fingerprint density at radius 1 is 1.53 bits per heavy atom. The second-order valence-corrected chi connectivity index (χ2v) is 5.83. The zero-order valence-corrected chi connectivity index (χ0v) is 11.9. The lowest BCUT2D eigenvalue weighted by molar-refractivity contribution is 0.0526. The first-order chi connectivity index (χ1) is 7.77. The van der Waals surface area contributed by atoms with E-state index in [1.165, 1.54) is 6.07 Å². The predicted octanol–water partition coefficient (Wildman–Crippen LogP) is 1.93. The van der Waals surface area contributed by atoms with Gasteiger partial charge in [0.1, 0.15) is 0 Å². The van der Waals surface area contributed by atoms with Crippen molar-refractivity contribution in [3.8, 4) is 0 Å². The fraction of sp³-hybridized carbons (Fsp3) is 0.222. The van der Waals surface area contributed by atoms with Crippen molar-refractivity contribution in [2.75, 3.05) is 6.61 Å². The number of hydrogen-bond acceptors (Lipinski definition) is 4. The summed E-state index contributed by atoms with van der Waals surface area (Å²) in [4.78, 5) is 11.3. The molecule has 0 aliphatic carbocycles. The fourth-order valence-corrected chi connectivity index (χ4v) is 2.45. The number of primary sulfonamides is 1. The van der Waals surface area contributed by atoms with Crippen molar-refractivity contribution in [1.82, 2.24) is 0 Å². The first-order valence-electron chi connectivity index (χ1n) is 4.46. The van der Waals surface area contributed by atoms with E-state index < -0.39 is 16.0 Å². The maximum absolute atomic E-state index is 11.5. The van der Waals surface area contributed by atoms with Gasteiger partial charge in [-0.15, -0.1) is 0 Å². The lowest BCUT2D eigenvalue weighted by Gasteiger charge is -2.08. The van der Waals surface area contributed by atoms with Crippen LogP contribution < -0.4 is 5.14 Å². The van der Waals surface area contributed by atoms with Crippen molar-refractivity contribution in [3.63, 3.8) is 0 Å². The van der Waals surface area contributed by atoms with Gasteiger partial charge >= 0.3 is 5.97 Å². The molecule has 0 saturated heterocycles. The summed E-state index contributed by atoms with van der Waals surface area (Å²) in [6, 6.07) is 2.31. The van der Waals surface area contributed by atoms with Crippen LogP contribution in [0.2, 0.25) is 5.02 Å². The van der Waals surface area contributed by atoms with Crippen molar-refractivity contribution >= 4 is 43.5 Å². The summed E-state index contributed by atoms with van der Waals surface area (Å²) in [6.45, 7) is 1.79. The topological polar surface area (TPSA) is 86.5 Å². The largest absolute Gasteiger partial charge is 0.462 e. The van der Waals surface area contributed by atoms with Crippen LogP contribution in [-0.2, 0) is 14.8 Å². The standard InChI is InChI=1S/C9H9BrClNO4S/c1-2-16-9(13)6-3-5(17(12,14)15)4-7(10)8(6)11/h3-4H,2H2,1H3,(H2,12,14,15). The highest BCUT2D eigenvalue weighted by Crippen LogP contribution is 2.30. The second kappa shape index (κ2) is 5.34. The van der Waals surface area contributed by atoms with Gasteiger partial charge in [-0.05, 0) is 35.0 Å². The number of carbonyl (C=O) groups is 1. The molecular weight excluding hydrogens is 334 g/mol. The van der Waals surface area contributed by atoms with Gasteiger partial charge in [0.25, 0.3) is 0 Å². The Hall–Kier alpha value is -0.630. The fourth-order valence-electron chi connectivity index (χ4n) is 1.09. The highest BCUT2D eigenvalue weighted by atomic mass is 79.9. The minimum Gasteiger partial charge on any atom is -0.462 e. The summed E-state index contributed by atoms with van der Waals surface area (Å²) in [5.41, 5.74) is -0.0492. The molecule has 0 radical (unpaired) electrons. The van der Waals surface area contributed by atoms with Crippen molar-refractivity contribution in [2.24, 2.45) is 5.14 Å². The number of benzene rings is 1. The van der Waals surface area contributed by atoms with E-state index >= 15 is 0 Å². The van der Waals surface area contributed by atoms with Gasteiger partial charge in [0.15, 0.2) is 0 Å². The van der Waals surface area contributed by atoms with Crippen LogP contribution in [0.5, 0.6) is 0 Å². The first kappa shape index (κ1) is 14.4. The van der Waals surface area contributed by atoms with E-state index in [1.807, 2.05) is 0 Å². The molecule has 0 fully saturated rings. The normalized spacial score (nSPS) is 11.3. The van der Waals surface area contributed by atoms with Gasteiger partial charge in [0, 0.05) is 4.47 Å². The third kappa shape index (κ3) is 3.41. The van der Waals surface area contributed by atoms with Crippen molar-refractivity contribution in [3.05, 3.63) is 27.2 Å². The Kier molecular flexibility index (Phi) is 4.54. The Morgan fingerprint density at radius 2 is 2.12 bits per heavy atom. The molecule has 0 aliphatic rings. The zero-order chi connectivity index (χ0) is 13.2. The van der Waals surface area contributed by atoms with Crippen molar-refractivity contribution in [1.29, 1.82) is 0 Å². The van der Waals surface area contributed by atoms with Gasteiger partial charge < -0.3 is 4.74 Å². The molecule has 8 heteroatoms. The highest BCUT2D eigenvalue weighted by molar-refractivity contribution is 9.10. The smallest absolute Gasteiger partial charge is 0.339 e. The Morgan fingerprint density at radius 3 is 2.59 bits per heavy atom. The monoisotopic (exact) mass is 341 g/mol. The average molecular weight is 343 g/mol. The second-order valence-electron chi connectivity index (χ2n) is 3.03. The maximum Gasteiger partial charge on any atom is 0.339 e. The van der Waals surface area contributed by atoms with Crippen LogP contribution in [-0.4, -0.2) is 21.0 Å². The number of nitrogens with two attached hydrogens (primary N) is 1. The van der Waals surface area contributed by atoms with E-state index in [-0.39, 0.29) is 26.6 Å². The van der Waals surface area contributed by atoms with Crippen molar-refractivity contribution in [2.45, 2.75) is 11.8 Å². The first-order valence-corrected chi connectivity index (χ1v) is 7.18. The molecule has 0 aliphatic heterocycles. The Bertz CT molecular complexity index is 558. The third-order valence-corrected chi connectivity index (χ3v) is 3.98. The van der Waals surface area contributed by atoms with E-state index in [9.17, 15) is 13.2 Å². The van der Waals surface area contributed by atoms with Crippen LogP contribution in [0.4, 0.5) is 0 Å². The van der Waals surface area contributed by atoms with Gasteiger partial charge in [-0.2, -0.15) is 0 Å². The summed E-state index contributed by atoms with van der Waals surface area (Å²) in [5, 5.41) is 5.05. The summed E-state index contributed by atoms with van der Waals surface area (Å²) in [7, 11) is -3.91. The quantitative estimate of drug-likeness (QED) is 0.850. The molecule has 1 rings (SSSR count). The van der Waals surface area contributed by atoms with Crippen LogP contribution in [0.15, 0.2) is 21.5 Å². The molecule has 5 nitrogen and oxygen atoms in total. The van der Waals surface area contributed by atoms with Crippen LogP contribution in [0.3, 0.4) is 0 Å². The number of ether oxygens (including phenoxy) is 1. The van der Waals surface area contributed by atoms with Crippen LogP contribution in [0.25, 0.3) is 0 Å². The summed E-state index contributed by atoms with van der Waals surface area (Å²) >= 11 is 8.91. The molecule has 2 N–H and O–H groups in total. The molecule has 17 heavy (non-hydrogen) atoms. The molecule has 0 atom stereocenters. The minimum atomic E-state index is -3.91. The molecule has 0 saturated carbocycles. The molecule has 0 spiro atoms. The SMILES string of the molecule is CCOC(=O)c1cc(S(N)(=O)=O)cc(Br)c1Cl. The molecule has 1 aromatic rings. The van der Waals surface area contributed by atoms with E-state index in [2.05, 4.69) is 15.9 Å². The zero-order valence-electron chi connectivity index (χ0n) is 8.74. The van der Waals surface area contributed by atoms with Gasteiger partial charge in [-0.1, -0.05) is 11.6 Å². The van der Waals surface area contributed by atoms with Gasteiger partial charge in [0.05, 0.1) is 22.1 Å². The van der Waals surface area contributed by atoms with E-state index in [0.29, 0.717) is 0 Å². The number of hydrogen-bond donors (Lipinski definition) is 1. The number of halogens is 2. The summed E-state index contributed by atoms with van der Waals surface area (Å²) in [5.74, 6) is -0.705. The molecule has 0 heterocycles. The highest BCUT2D eigenvalue weighted by Gasteiger charge is 2.19. The molecule has 0 amide bonds. The Balaban J connectivity index is 3.40. The summed E-state index contributed by atoms with van der Waals surface area (Å²) in [6.07, 6.45) is 0. The van der Waals surface area contributed by atoms with E-state index in [4.69, 9.17) is 21.5 Å². The predicted molar refractivity (Wildman–Crippen MR) is 66.5 cm³/mol. The molecular formula is C9H9BrClNO4S. The number of sulfonamides is 1. The number of esters is 1. The van der Waals surface area contributed by atoms with E-state index in [1.54, 1.807) is 6.92 Å². The van der Waals surface area contributed by atoms with Crippen LogP contribution in [0.1, 0.15) is 17.3 Å². The molecule has 1 aromatic carbocycles. The molecule has 94 valence electrons.